The minimum atomic E-state index is -0.0949. The van der Waals surface area contributed by atoms with Crippen LogP contribution >= 0.6 is 0 Å². The zero-order chi connectivity index (χ0) is 15.4. The summed E-state index contributed by atoms with van der Waals surface area (Å²) < 4.78 is 7.86. The molecule has 0 saturated heterocycles. The van der Waals surface area contributed by atoms with Crippen molar-refractivity contribution in [2.45, 2.75) is 44.9 Å². The first-order valence-corrected chi connectivity index (χ1v) is 7.74. The van der Waals surface area contributed by atoms with Crippen LogP contribution in [-0.2, 0) is 6.54 Å². The second-order valence-electron chi connectivity index (χ2n) is 5.80. The minimum Gasteiger partial charge on any atom is -0.490 e. The number of hydrogen-bond acceptors (Lipinski definition) is 3. The third-order valence-electron chi connectivity index (χ3n) is 3.90. The smallest absolute Gasteiger partial charge is 0.255 e. The van der Waals surface area contributed by atoms with Crippen LogP contribution in [0, 0.1) is 0 Å². The van der Waals surface area contributed by atoms with Crippen molar-refractivity contribution in [3.63, 3.8) is 0 Å². The lowest BCUT2D eigenvalue weighted by molar-refractivity contribution is 0.0912. The summed E-state index contributed by atoms with van der Waals surface area (Å²) in [5, 5.41) is 3.02. The minimum absolute atomic E-state index is 0.0125. The molecule has 1 amide bonds. The van der Waals surface area contributed by atoms with Gasteiger partial charge in [-0.15, -0.1) is 0 Å². The number of carbonyl (C=O) groups is 1. The fourth-order valence-electron chi connectivity index (χ4n) is 2.48. The van der Waals surface area contributed by atoms with Crippen LogP contribution in [0.15, 0.2) is 43.0 Å². The van der Waals surface area contributed by atoms with E-state index in [1.165, 1.54) is 6.42 Å². The van der Waals surface area contributed by atoms with E-state index >= 15 is 0 Å². The molecule has 1 unspecified atom stereocenters. The van der Waals surface area contributed by atoms with Gasteiger partial charge in [-0.2, -0.15) is 0 Å². The van der Waals surface area contributed by atoms with Crippen LogP contribution in [-0.4, -0.2) is 27.6 Å². The molecule has 1 atom stereocenters. The van der Waals surface area contributed by atoms with E-state index in [1.807, 2.05) is 42.0 Å². The number of hydrogen-bond donors (Lipinski definition) is 1. The van der Waals surface area contributed by atoms with Crippen LogP contribution in [0.25, 0.3) is 0 Å². The number of carbonyl (C=O) groups excluding carboxylic acids is 1. The highest BCUT2D eigenvalue weighted by molar-refractivity contribution is 5.97. The van der Waals surface area contributed by atoms with E-state index in [2.05, 4.69) is 10.3 Å². The molecular weight excluding hydrogens is 278 g/mol. The van der Waals surface area contributed by atoms with Crippen molar-refractivity contribution in [2.75, 3.05) is 0 Å². The van der Waals surface area contributed by atoms with Crippen molar-refractivity contribution in [2.24, 2.45) is 0 Å². The van der Waals surface area contributed by atoms with Crippen LogP contribution < -0.4 is 10.1 Å². The second-order valence-corrected chi connectivity index (χ2v) is 5.80. The van der Waals surface area contributed by atoms with Gasteiger partial charge in [-0.1, -0.05) is 12.1 Å². The molecule has 1 aromatic heterocycles. The summed E-state index contributed by atoms with van der Waals surface area (Å²) in [5.41, 5.74) is 0.604. The Bertz CT molecular complexity index is 621. The van der Waals surface area contributed by atoms with Gasteiger partial charge < -0.3 is 14.6 Å². The van der Waals surface area contributed by atoms with Crippen molar-refractivity contribution in [3.05, 3.63) is 48.5 Å². The van der Waals surface area contributed by atoms with Crippen molar-refractivity contribution in [1.82, 2.24) is 14.9 Å². The van der Waals surface area contributed by atoms with Gasteiger partial charge in [0.25, 0.3) is 5.91 Å². The molecule has 2 aromatic rings. The fourth-order valence-corrected chi connectivity index (χ4v) is 2.48. The van der Waals surface area contributed by atoms with E-state index in [9.17, 15) is 4.79 Å². The normalized spacial score (nSPS) is 15.9. The molecule has 1 N–H and O–H groups in total. The highest BCUT2D eigenvalue weighted by Crippen LogP contribution is 2.27. The Morgan fingerprint density at radius 1 is 1.45 bits per heavy atom. The van der Waals surface area contributed by atoms with Gasteiger partial charge in [-0.05, 0) is 38.3 Å². The molecule has 0 radical (unpaired) electrons. The number of nitrogens with zero attached hydrogens (tertiary/aromatic N) is 2. The molecule has 1 aromatic carbocycles. The van der Waals surface area contributed by atoms with E-state index in [-0.39, 0.29) is 18.1 Å². The van der Waals surface area contributed by atoms with Crippen LogP contribution in [0.2, 0.25) is 0 Å². The van der Waals surface area contributed by atoms with Crippen molar-refractivity contribution in [1.29, 1.82) is 0 Å². The lowest BCUT2D eigenvalue weighted by Crippen LogP contribution is -2.36. The molecule has 5 nitrogen and oxygen atoms in total. The lowest BCUT2D eigenvalue weighted by atomic mass is 9.96. The highest BCUT2D eigenvalue weighted by Gasteiger charge is 2.22. The quantitative estimate of drug-likeness (QED) is 0.892. The Kier molecular flexibility index (Phi) is 4.42. The number of amides is 1. The van der Waals surface area contributed by atoms with Gasteiger partial charge in [0, 0.05) is 25.0 Å². The molecule has 0 bridgehead atoms. The zero-order valence-electron chi connectivity index (χ0n) is 12.7. The Morgan fingerprint density at radius 2 is 2.27 bits per heavy atom. The fraction of sp³-hybridized carbons (Fsp3) is 0.412. The van der Waals surface area contributed by atoms with Gasteiger partial charge >= 0.3 is 0 Å². The largest absolute Gasteiger partial charge is 0.490 e. The Balaban J connectivity index is 1.63. The van der Waals surface area contributed by atoms with Gasteiger partial charge in [0.15, 0.2) is 0 Å². The van der Waals surface area contributed by atoms with Crippen LogP contribution in [0.1, 0.15) is 36.5 Å². The maximum Gasteiger partial charge on any atom is 0.255 e. The summed E-state index contributed by atoms with van der Waals surface area (Å²) >= 11 is 0. The summed E-state index contributed by atoms with van der Waals surface area (Å²) in [6, 6.07) is 7.46. The predicted octanol–water partition coefficient (Wildman–Crippen LogP) is 2.63. The first-order valence-electron chi connectivity index (χ1n) is 7.74. The number of benzene rings is 1. The maximum atomic E-state index is 12.5. The molecule has 116 valence electrons. The second kappa shape index (κ2) is 6.64. The van der Waals surface area contributed by atoms with Crippen LogP contribution in [0.3, 0.4) is 0 Å². The highest BCUT2D eigenvalue weighted by atomic mass is 16.5. The maximum absolute atomic E-state index is 12.5. The molecule has 1 saturated carbocycles. The van der Waals surface area contributed by atoms with Gasteiger partial charge in [0.05, 0.1) is 18.0 Å². The first kappa shape index (κ1) is 14.6. The van der Waals surface area contributed by atoms with Crippen molar-refractivity contribution < 1.29 is 9.53 Å². The molecule has 3 rings (SSSR count). The van der Waals surface area contributed by atoms with Gasteiger partial charge in [0.1, 0.15) is 5.75 Å². The standard InChI is InChI=1S/C17H21N3O2/c1-13(11-20-10-9-18-12-20)19-17(21)15-7-2-3-8-16(15)22-14-5-4-6-14/h2-3,7-10,12-14H,4-6,11H2,1H3,(H,19,21). The molecule has 1 fully saturated rings. The van der Waals surface area contributed by atoms with Gasteiger partial charge in [0.2, 0.25) is 0 Å². The molecule has 1 aliphatic carbocycles. The Labute approximate surface area is 130 Å². The summed E-state index contributed by atoms with van der Waals surface area (Å²) in [7, 11) is 0. The SMILES string of the molecule is CC(Cn1ccnc1)NC(=O)c1ccccc1OC1CCC1. The number of rotatable bonds is 6. The molecule has 22 heavy (non-hydrogen) atoms. The number of ether oxygens (including phenoxy) is 1. The van der Waals surface area contributed by atoms with Crippen LogP contribution in [0.4, 0.5) is 0 Å². The summed E-state index contributed by atoms with van der Waals surface area (Å²) in [6.45, 7) is 2.67. The van der Waals surface area contributed by atoms with E-state index in [4.69, 9.17) is 4.74 Å². The van der Waals surface area contributed by atoms with Gasteiger partial charge in [-0.25, -0.2) is 4.98 Å². The average Bonchev–Trinajstić information content (AvgIpc) is 2.96. The zero-order valence-corrected chi connectivity index (χ0v) is 12.7. The first-order chi connectivity index (χ1) is 10.7. The van der Waals surface area contributed by atoms with E-state index in [1.54, 1.807) is 12.5 Å². The average molecular weight is 299 g/mol. The van der Waals surface area contributed by atoms with Crippen LogP contribution in [0.5, 0.6) is 5.75 Å². The molecule has 1 aliphatic rings. The molecule has 5 heteroatoms. The predicted molar refractivity (Wildman–Crippen MR) is 83.9 cm³/mol. The third-order valence-corrected chi connectivity index (χ3v) is 3.90. The number of imidazole rings is 1. The molecule has 0 spiro atoms. The summed E-state index contributed by atoms with van der Waals surface area (Å²) in [6.07, 6.45) is 8.99. The lowest BCUT2D eigenvalue weighted by Gasteiger charge is -2.27. The molecule has 1 heterocycles. The number of para-hydroxylation sites is 1. The third kappa shape index (κ3) is 3.47. The van der Waals surface area contributed by atoms with Crippen molar-refractivity contribution in [3.8, 4) is 5.75 Å². The Hall–Kier alpha value is -2.30. The molecule has 0 aliphatic heterocycles. The summed E-state index contributed by atoms with van der Waals surface area (Å²) in [4.78, 5) is 16.5. The molecular formula is C17H21N3O2. The number of aromatic nitrogens is 2. The number of nitrogens with one attached hydrogen (secondary N) is 1. The van der Waals surface area contributed by atoms with E-state index in [0.29, 0.717) is 17.9 Å². The Morgan fingerprint density at radius 3 is 2.95 bits per heavy atom. The topological polar surface area (TPSA) is 56.2 Å². The van der Waals surface area contributed by atoms with Gasteiger partial charge in [-0.3, -0.25) is 4.79 Å². The monoisotopic (exact) mass is 299 g/mol. The summed E-state index contributed by atoms with van der Waals surface area (Å²) in [5.74, 6) is 0.585. The van der Waals surface area contributed by atoms with E-state index < -0.39 is 0 Å². The van der Waals surface area contributed by atoms with Crippen molar-refractivity contribution >= 4 is 5.91 Å². The van der Waals surface area contributed by atoms with E-state index in [0.717, 1.165) is 12.8 Å².